The zero-order chi connectivity index (χ0) is 18.1. The highest BCUT2D eigenvalue weighted by atomic mass is 16.4. The van der Waals surface area contributed by atoms with Crippen LogP contribution in [0.3, 0.4) is 0 Å². The van der Waals surface area contributed by atoms with Gasteiger partial charge < -0.3 is 15.0 Å². The number of aliphatic carboxylic acids is 1. The van der Waals surface area contributed by atoms with E-state index < -0.39 is 5.97 Å². The Kier molecular flexibility index (Phi) is 4.21. The normalized spacial score (nSPS) is 16.0. The van der Waals surface area contributed by atoms with Gasteiger partial charge in [0.1, 0.15) is 0 Å². The number of H-pyrrole nitrogens is 1. The molecule has 1 unspecified atom stereocenters. The molecule has 2 N–H and O–H groups in total. The summed E-state index contributed by atoms with van der Waals surface area (Å²) >= 11 is 0. The summed E-state index contributed by atoms with van der Waals surface area (Å²) in [7, 11) is 0. The SMILES string of the molecule is O=C(O)CC1Cc2ccccc2N1C(=O)CCc1ccc2[nH]ccc2c1. The van der Waals surface area contributed by atoms with E-state index in [1.54, 1.807) is 4.90 Å². The van der Waals surface area contributed by atoms with Crippen LogP contribution in [0.4, 0.5) is 5.69 Å². The number of aryl methyl sites for hydroxylation is 1. The molecule has 0 aliphatic carbocycles. The molecule has 26 heavy (non-hydrogen) atoms. The number of benzene rings is 2. The van der Waals surface area contributed by atoms with E-state index in [2.05, 4.69) is 11.1 Å². The molecule has 132 valence electrons. The molecule has 1 atom stereocenters. The average Bonchev–Trinajstić information content (AvgIpc) is 3.22. The van der Waals surface area contributed by atoms with Crippen molar-refractivity contribution in [2.24, 2.45) is 0 Å². The van der Waals surface area contributed by atoms with Gasteiger partial charge in [0.05, 0.1) is 12.5 Å². The number of carbonyl (C=O) groups is 2. The van der Waals surface area contributed by atoms with Crippen molar-refractivity contribution in [3.63, 3.8) is 0 Å². The molecule has 0 bridgehead atoms. The lowest BCUT2D eigenvalue weighted by Crippen LogP contribution is -2.39. The first kappa shape index (κ1) is 16.4. The van der Waals surface area contributed by atoms with E-state index in [0.29, 0.717) is 19.3 Å². The fourth-order valence-corrected chi connectivity index (χ4v) is 3.79. The molecule has 1 amide bonds. The molecule has 2 heterocycles. The number of hydrogen-bond acceptors (Lipinski definition) is 2. The third-order valence-electron chi connectivity index (χ3n) is 5.00. The van der Waals surface area contributed by atoms with Gasteiger partial charge in [-0.05, 0) is 53.6 Å². The predicted octanol–water partition coefficient (Wildman–Crippen LogP) is 3.53. The van der Waals surface area contributed by atoms with Crippen molar-refractivity contribution < 1.29 is 14.7 Å². The summed E-state index contributed by atoms with van der Waals surface area (Å²) in [5, 5.41) is 10.3. The van der Waals surface area contributed by atoms with E-state index >= 15 is 0 Å². The van der Waals surface area contributed by atoms with Crippen LogP contribution in [0, 0.1) is 0 Å². The molecule has 1 aromatic heterocycles. The number of fused-ring (bicyclic) bond motifs is 2. The van der Waals surface area contributed by atoms with Crippen LogP contribution in [-0.2, 0) is 22.4 Å². The third-order valence-corrected chi connectivity index (χ3v) is 5.00. The Hall–Kier alpha value is -3.08. The van der Waals surface area contributed by atoms with Crippen molar-refractivity contribution in [2.75, 3.05) is 4.90 Å². The Labute approximate surface area is 151 Å². The number of carbonyl (C=O) groups excluding carboxylic acids is 1. The van der Waals surface area contributed by atoms with Gasteiger partial charge in [0.15, 0.2) is 0 Å². The number of aromatic nitrogens is 1. The Bertz CT molecular complexity index is 976. The number of hydrogen-bond donors (Lipinski definition) is 2. The molecule has 4 rings (SSSR count). The van der Waals surface area contributed by atoms with E-state index in [4.69, 9.17) is 0 Å². The van der Waals surface area contributed by atoms with Gasteiger partial charge in [-0.3, -0.25) is 9.59 Å². The van der Waals surface area contributed by atoms with Gasteiger partial charge in [-0.2, -0.15) is 0 Å². The molecule has 1 aliphatic heterocycles. The highest BCUT2D eigenvalue weighted by molar-refractivity contribution is 5.97. The summed E-state index contributed by atoms with van der Waals surface area (Å²) in [6.07, 6.45) is 3.47. The number of nitrogens with one attached hydrogen (secondary N) is 1. The minimum Gasteiger partial charge on any atom is -0.481 e. The van der Waals surface area contributed by atoms with Crippen molar-refractivity contribution in [2.45, 2.75) is 31.7 Å². The molecule has 2 aromatic carbocycles. The third kappa shape index (κ3) is 3.08. The van der Waals surface area contributed by atoms with E-state index in [0.717, 1.165) is 27.7 Å². The van der Waals surface area contributed by atoms with Crippen molar-refractivity contribution in [1.82, 2.24) is 4.98 Å². The molecule has 1 aliphatic rings. The van der Waals surface area contributed by atoms with Gasteiger partial charge in [0.2, 0.25) is 5.91 Å². The summed E-state index contributed by atoms with van der Waals surface area (Å²) in [5.41, 5.74) is 4.08. The number of para-hydroxylation sites is 1. The van der Waals surface area contributed by atoms with Crippen LogP contribution in [0.1, 0.15) is 24.0 Å². The second-order valence-corrected chi connectivity index (χ2v) is 6.75. The largest absolute Gasteiger partial charge is 0.481 e. The maximum atomic E-state index is 12.9. The molecular weight excluding hydrogens is 328 g/mol. The van der Waals surface area contributed by atoms with Gasteiger partial charge in [0, 0.05) is 23.8 Å². The zero-order valence-corrected chi connectivity index (χ0v) is 14.3. The molecule has 0 spiro atoms. The number of aromatic amines is 1. The van der Waals surface area contributed by atoms with Crippen molar-refractivity contribution in [3.05, 3.63) is 65.9 Å². The maximum Gasteiger partial charge on any atom is 0.305 e. The molecule has 0 fully saturated rings. The molecule has 3 aromatic rings. The topological polar surface area (TPSA) is 73.4 Å². The lowest BCUT2D eigenvalue weighted by Gasteiger charge is -2.24. The first-order valence-corrected chi connectivity index (χ1v) is 8.79. The van der Waals surface area contributed by atoms with Gasteiger partial charge >= 0.3 is 5.97 Å². The fraction of sp³-hybridized carbons (Fsp3) is 0.238. The molecule has 0 saturated heterocycles. The first-order chi connectivity index (χ1) is 12.6. The predicted molar refractivity (Wildman–Crippen MR) is 100 cm³/mol. The highest BCUT2D eigenvalue weighted by Gasteiger charge is 2.34. The summed E-state index contributed by atoms with van der Waals surface area (Å²) in [5.74, 6) is -0.895. The van der Waals surface area contributed by atoms with Crippen molar-refractivity contribution in [1.29, 1.82) is 0 Å². The van der Waals surface area contributed by atoms with Gasteiger partial charge in [-0.25, -0.2) is 0 Å². The smallest absolute Gasteiger partial charge is 0.305 e. The highest BCUT2D eigenvalue weighted by Crippen LogP contribution is 2.34. The minimum absolute atomic E-state index is 0.0182. The number of rotatable bonds is 5. The van der Waals surface area contributed by atoms with Gasteiger partial charge in [0.25, 0.3) is 0 Å². The standard InChI is InChI=1S/C21H20N2O3/c24-20(8-6-14-5-7-18-15(11-14)9-10-22-18)23-17(13-21(25)26)12-16-3-1-2-4-19(16)23/h1-5,7,9-11,17,22H,6,8,12-13H2,(H,25,26). The summed E-state index contributed by atoms with van der Waals surface area (Å²) in [6.45, 7) is 0. The minimum atomic E-state index is -0.876. The summed E-state index contributed by atoms with van der Waals surface area (Å²) in [4.78, 5) is 29.0. The monoisotopic (exact) mass is 348 g/mol. The van der Waals surface area contributed by atoms with Crippen LogP contribution in [0.25, 0.3) is 10.9 Å². The second kappa shape index (κ2) is 6.67. The average molecular weight is 348 g/mol. The molecule has 5 nitrogen and oxygen atoms in total. The Morgan fingerprint density at radius 3 is 2.85 bits per heavy atom. The van der Waals surface area contributed by atoms with Crippen LogP contribution < -0.4 is 4.90 Å². The Morgan fingerprint density at radius 2 is 2.00 bits per heavy atom. The van der Waals surface area contributed by atoms with Crippen LogP contribution >= 0.6 is 0 Å². The van der Waals surface area contributed by atoms with E-state index in [1.807, 2.05) is 48.7 Å². The molecular formula is C21H20N2O3. The van der Waals surface area contributed by atoms with Gasteiger partial charge in [-0.1, -0.05) is 24.3 Å². The second-order valence-electron chi connectivity index (χ2n) is 6.75. The van der Waals surface area contributed by atoms with Gasteiger partial charge in [-0.15, -0.1) is 0 Å². The summed E-state index contributed by atoms with van der Waals surface area (Å²) in [6, 6.07) is 15.5. The molecule has 0 radical (unpaired) electrons. The number of carboxylic acids is 1. The van der Waals surface area contributed by atoms with E-state index in [-0.39, 0.29) is 18.4 Å². The van der Waals surface area contributed by atoms with E-state index in [1.165, 1.54) is 0 Å². The first-order valence-electron chi connectivity index (χ1n) is 8.79. The number of carboxylic acid groups (broad SMARTS) is 1. The fourth-order valence-electron chi connectivity index (χ4n) is 3.79. The maximum absolute atomic E-state index is 12.9. The number of nitrogens with zero attached hydrogens (tertiary/aromatic N) is 1. The lowest BCUT2D eigenvalue weighted by molar-refractivity contribution is -0.137. The Balaban J connectivity index is 1.52. The number of anilines is 1. The zero-order valence-electron chi connectivity index (χ0n) is 14.3. The number of amides is 1. The van der Waals surface area contributed by atoms with Crippen LogP contribution in [0.5, 0.6) is 0 Å². The summed E-state index contributed by atoms with van der Waals surface area (Å²) < 4.78 is 0. The van der Waals surface area contributed by atoms with Crippen LogP contribution in [0.15, 0.2) is 54.7 Å². The quantitative estimate of drug-likeness (QED) is 0.741. The lowest BCUT2D eigenvalue weighted by atomic mass is 10.1. The molecule has 5 heteroatoms. The van der Waals surface area contributed by atoms with Crippen LogP contribution in [-0.4, -0.2) is 28.0 Å². The van der Waals surface area contributed by atoms with Crippen molar-refractivity contribution in [3.8, 4) is 0 Å². The molecule has 0 saturated carbocycles. The Morgan fingerprint density at radius 1 is 1.15 bits per heavy atom. The van der Waals surface area contributed by atoms with E-state index in [9.17, 15) is 14.7 Å². The van der Waals surface area contributed by atoms with Crippen LogP contribution in [0.2, 0.25) is 0 Å². The van der Waals surface area contributed by atoms with Crippen molar-refractivity contribution >= 4 is 28.5 Å².